The number of aromatic hydroxyl groups is 2. The van der Waals surface area contributed by atoms with Crippen LogP contribution in [-0.4, -0.2) is 41.7 Å². The van der Waals surface area contributed by atoms with Crippen LogP contribution in [0.25, 0.3) is 6.08 Å². The summed E-state index contributed by atoms with van der Waals surface area (Å²) in [6.07, 6.45) is -3.53. The molecule has 0 aromatic heterocycles. The SMILES string of the molecule is CO[C@](C(=O)O[C@@H]1C[C@@H](c2ccc(O)cc2)O[C@@H](/C=C/c2ccc(O)cc2)C1)(c1ccccc1)C(F)(F)F. The molecule has 4 atom stereocenters. The van der Waals surface area contributed by atoms with Crippen molar-refractivity contribution in [2.75, 3.05) is 7.11 Å². The number of hydrogen-bond donors (Lipinski definition) is 2. The first-order valence-corrected chi connectivity index (χ1v) is 11.9. The number of ether oxygens (including phenoxy) is 3. The van der Waals surface area contributed by atoms with Crippen molar-refractivity contribution < 1.29 is 42.4 Å². The Morgan fingerprint density at radius 2 is 1.53 bits per heavy atom. The Kier molecular flexibility index (Phi) is 8.08. The van der Waals surface area contributed by atoms with Gasteiger partial charge in [-0.3, -0.25) is 0 Å². The minimum Gasteiger partial charge on any atom is -0.508 e. The van der Waals surface area contributed by atoms with E-state index >= 15 is 0 Å². The van der Waals surface area contributed by atoms with E-state index < -0.39 is 36.1 Å². The lowest BCUT2D eigenvalue weighted by molar-refractivity contribution is -0.279. The average molecular weight is 529 g/mol. The number of carbonyl (C=O) groups is 1. The molecule has 3 aromatic rings. The van der Waals surface area contributed by atoms with E-state index in [0.717, 1.165) is 12.7 Å². The van der Waals surface area contributed by atoms with Crippen LogP contribution in [0.3, 0.4) is 0 Å². The van der Waals surface area contributed by atoms with Crippen LogP contribution < -0.4 is 0 Å². The Labute approximate surface area is 217 Å². The van der Waals surface area contributed by atoms with E-state index in [2.05, 4.69) is 0 Å². The second kappa shape index (κ2) is 11.3. The highest BCUT2D eigenvalue weighted by molar-refractivity contribution is 5.83. The van der Waals surface area contributed by atoms with Gasteiger partial charge in [-0.2, -0.15) is 13.2 Å². The summed E-state index contributed by atoms with van der Waals surface area (Å²) in [7, 11) is 0.828. The molecule has 38 heavy (non-hydrogen) atoms. The van der Waals surface area contributed by atoms with Gasteiger partial charge in [-0.1, -0.05) is 66.7 Å². The first-order chi connectivity index (χ1) is 18.1. The highest BCUT2D eigenvalue weighted by Crippen LogP contribution is 2.44. The Bertz CT molecular complexity index is 1240. The molecule has 4 rings (SSSR count). The maximum absolute atomic E-state index is 14.4. The molecule has 0 radical (unpaired) electrons. The lowest BCUT2D eigenvalue weighted by Crippen LogP contribution is -2.53. The van der Waals surface area contributed by atoms with Gasteiger partial charge in [-0.15, -0.1) is 0 Å². The largest absolute Gasteiger partial charge is 0.508 e. The normalized spacial score (nSPS) is 21.6. The van der Waals surface area contributed by atoms with Crippen molar-refractivity contribution in [3.8, 4) is 11.5 Å². The summed E-state index contributed by atoms with van der Waals surface area (Å²) < 4.78 is 59.6. The highest BCUT2D eigenvalue weighted by atomic mass is 19.4. The fraction of sp³-hybridized carbons (Fsp3) is 0.276. The van der Waals surface area contributed by atoms with Crippen LogP contribution in [0.2, 0.25) is 0 Å². The zero-order valence-electron chi connectivity index (χ0n) is 20.5. The number of alkyl halides is 3. The summed E-state index contributed by atoms with van der Waals surface area (Å²) in [5.41, 5.74) is -2.24. The molecule has 1 aliphatic heterocycles. The predicted octanol–water partition coefficient (Wildman–Crippen LogP) is 6.05. The number of hydrogen-bond acceptors (Lipinski definition) is 6. The van der Waals surface area contributed by atoms with E-state index in [9.17, 15) is 28.2 Å². The minimum atomic E-state index is -5.08. The Morgan fingerprint density at radius 1 is 0.921 bits per heavy atom. The predicted molar refractivity (Wildman–Crippen MR) is 133 cm³/mol. The molecule has 0 bridgehead atoms. The number of rotatable bonds is 7. The molecule has 1 heterocycles. The second-order valence-electron chi connectivity index (χ2n) is 8.95. The number of carbonyl (C=O) groups excluding carboxylic acids is 1. The Balaban J connectivity index is 1.62. The second-order valence-corrected chi connectivity index (χ2v) is 8.95. The highest BCUT2D eigenvalue weighted by Gasteiger charge is 2.64. The Morgan fingerprint density at radius 3 is 2.11 bits per heavy atom. The molecule has 6 nitrogen and oxygen atoms in total. The molecule has 0 amide bonds. The van der Waals surface area contributed by atoms with Gasteiger partial charge < -0.3 is 24.4 Å². The van der Waals surface area contributed by atoms with Crippen LogP contribution >= 0.6 is 0 Å². The number of phenolic OH excluding ortho intramolecular Hbond substituents is 2. The molecule has 2 N–H and O–H groups in total. The third-order valence-electron chi connectivity index (χ3n) is 6.42. The van der Waals surface area contributed by atoms with E-state index in [-0.39, 0.29) is 29.9 Å². The van der Waals surface area contributed by atoms with Crippen LogP contribution in [0.4, 0.5) is 13.2 Å². The van der Waals surface area contributed by atoms with Crippen molar-refractivity contribution in [3.05, 3.63) is 102 Å². The maximum atomic E-state index is 14.4. The molecule has 3 aromatic carbocycles. The van der Waals surface area contributed by atoms with Gasteiger partial charge in [-0.25, -0.2) is 4.79 Å². The van der Waals surface area contributed by atoms with Gasteiger partial charge in [-0.05, 0) is 35.4 Å². The average Bonchev–Trinajstić information content (AvgIpc) is 2.89. The first kappa shape index (κ1) is 27.2. The van der Waals surface area contributed by atoms with Gasteiger partial charge in [0, 0.05) is 25.5 Å². The van der Waals surface area contributed by atoms with E-state index in [4.69, 9.17) is 14.2 Å². The van der Waals surface area contributed by atoms with Crippen LogP contribution in [-0.2, 0) is 24.6 Å². The van der Waals surface area contributed by atoms with E-state index in [1.807, 2.05) is 0 Å². The van der Waals surface area contributed by atoms with Gasteiger partial charge in [0.05, 0.1) is 12.2 Å². The molecular weight excluding hydrogens is 501 g/mol. The molecule has 1 fully saturated rings. The van der Waals surface area contributed by atoms with Crippen molar-refractivity contribution in [2.24, 2.45) is 0 Å². The van der Waals surface area contributed by atoms with E-state index in [1.165, 1.54) is 54.6 Å². The third-order valence-corrected chi connectivity index (χ3v) is 6.42. The minimum absolute atomic E-state index is 0.0502. The number of esters is 1. The van der Waals surface area contributed by atoms with Crippen molar-refractivity contribution in [3.63, 3.8) is 0 Å². The zero-order chi connectivity index (χ0) is 27.3. The summed E-state index contributed by atoms with van der Waals surface area (Å²) in [4.78, 5) is 13.2. The molecule has 0 spiro atoms. The molecule has 1 saturated heterocycles. The summed E-state index contributed by atoms with van der Waals surface area (Å²) in [5, 5.41) is 19.1. The van der Waals surface area contributed by atoms with Crippen molar-refractivity contribution in [2.45, 2.75) is 42.9 Å². The van der Waals surface area contributed by atoms with E-state index in [1.54, 1.807) is 36.4 Å². The van der Waals surface area contributed by atoms with Crippen LogP contribution in [0.15, 0.2) is 84.9 Å². The molecular formula is C29H27F3O6. The molecule has 200 valence electrons. The fourth-order valence-electron chi connectivity index (χ4n) is 4.47. The van der Waals surface area contributed by atoms with Crippen molar-refractivity contribution in [1.82, 2.24) is 0 Å². The molecule has 9 heteroatoms. The number of methoxy groups -OCH3 is 1. The monoisotopic (exact) mass is 528 g/mol. The third kappa shape index (κ3) is 5.84. The molecule has 1 aliphatic rings. The topological polar surface area (TPSA) is 85.2 Å². The Hall–Kier alpha value is -3.82. The van der Waals surface area contributed by atoms with Gasteiger partial charge in [0.15, 0.2) is 0 Å². The summed E-state index contributed by atoms with van der Waals surface area (Å²) in [5.74, 6) is -1.40. The molecule has 0 aliphatic carbocycles. The van der Waals surface area contributed by atoms with Crippen LogP contribution in [0.5, 0.6) is 11.5 Å². The lowest BCUT2D eigenvalue weighted by atomic mass is 9.91. The van der Waals surface area contributed by atoms with Crippen molar-refractivity contribution >= 4 is 12.0 Å². The maximum Gasteiger partial charge on any atom is 0.432 e. The quantitative estimate of drug-likeness (QED) is 0.364. The molecule has 0 unspecified atom stereocenters. The summed E-state index contributed by atoms with van der Waals surface area (Å²) in [6, 6.07) is 19.3. The number of phenols is 2. The van der Waals surface area contributed by atoms with Crippen molar-refractivity contribution in [1.29, 1.82) is 0 Å². The van der Waals surface area contributed by atoms with E-state index in [0.29, 0.717) is 5.56 Å². The van der Waals surface area contributed by atoms with Gasteiger partial charge in [0.1, 0.15) is 17.6 Å². The summed E-state index contributed by atoms with van der Waals surface area (Å²) >= 11 is 0. The lowest BCUT2D eigenvalue weighted by Gasteiger charge is -2.37. The first-order valence-electron chi connectivity index (χ1n) is 11.9. The smallest absolute Gasteiger partial charge is 0.432 e. The van der Waals surface area contributed by atoms with Crippen LogP contribution in [0.1, 0.15) is 35.6 Å². The number of benzene rings is 3. The summed E-state index contributed by atoms with van der Waals surface area (Å²) in [6.45, 7) is 0. The number of halogens is 3. The van der Waals surface area contributed by atoms with Crippen LogP contribution in [0, 0.1) is 0 Å². The zero-order valence-corrected chi connectivity index (χ0v) is 20.5. The van der Waals surface area contributed by atoms with Gasteiger partial charge in [0.25, 0.3) is 5.60 Å². The molecule has 0 saturated carbocycles. The van der Waals surface area contributed by atoms with Gasteiger partial charge in [0.2, 0.25) is 0 Å². The van der Waals surface area contributed by atoms with Gasteiger partial charge >= 0.3 is 12.1 Å². The standard InChI is InChI=1S/C29H27F3O6/c1-36-28(29(30,31)32,21-5-3-2-4-6-21)27(35)38-25-17-24(16-9-19-7-12-22(33)13-8-19)37-26(18-25)20-10-14-23(34)15-11-20/h2-16,24-26,33-34H,17-18H2,1H3/b16-9+/t24-,25-,26-,28-/m0/s1. The fourth-order valence-corrected chi connectivity index (χ4v) is 4.47.